The van der Waals surface area contributed by atoms with Gasteiger partial charge in [0.25, 0.3) is 0 Å². The normalized spacial score (nSPS) is 9.80. The summed E-state index contributed by atoms with van der Waals surface area (Å²) in [5, 5.41) is 10.7. The molecule has 5 heteroatoms. The number of benzene rings is 1. The third kappa shape index (κ3) is 2.62. The van der Waals surface area contributed by atoms with Crippen LogP contribution >= 0.6 is 15.9 Å². The molecule has 0 aromatic heterocycles. The van der Waals surface area contributed by atoms with Crippen molar-refractivity contribution >= 4 is 21.9 Å². The third-order valence-corrected chi connectivity index (χ3v) is 2.34. The second-order valence-corrected chi connectivity index (χ2v) is 3.56. The molecule has 0 spiro atoms. The standard InChI is InChI=1S/C10H11BrO4/c1-3-15-9-7(11)4-6(10(12)13)5-8(9)14-2/h4-5H,3H2,1-2H3,(H,12,13)/p-1. The number of carbonyl (C=O) groups excluding carboxylic acids is 1. The van der Waals surface area contributed by atoms with Crippen LogP contribution in [0.1, 0.15) is 17.3 Å². The van der Waals surface area contributed by atoms with E-state index in [2.05, 4.69) is 15.9 Å². The van der Waals surface area contributed by atoms with E-state index < -0.39 is 5.97 Å². The average molecular weight is 274 g/mol. The first-order valence-corrected chi connectivity index (χ1v) is 5.11. The minimum atomic E-state index is -1.25. The van der Waals surface area contributed by atoms with Gasteiger partial charge in [0.15, 0.2) is 11.5 Å². The molecule has 0 atom stereocenters. The third-order valence-electron chi connectivity index (χ3n) is 1.75. The summed E-state index contributed by atoms with van der Waals surface area (Å²) in [5.41, 5.74) is 0.0437. The van der Waals surface area contributed by atoms with Gasteiger partial charge < -0.3 is 19.4 Å². The van der Waals surface area contributed by atoms with Crippen molar-refractivity contribution in [3.05, 3.63) is 22.2 Å². The van der Waals surface area contributed by atoms with Crippen molar-refractivity contribution in [1.82, 2.24) is 0 Å². The van der Waals surface area contributed by atoms with Crippen LogP contribution in [0.3, 0.4) is 0 Å². The Bertz CT molecular complexity index is 376. The smallest absolute Gasteiger partial charge is 0.175 e. The second-order valence-electron chi connectivity index (χ2n) is 2.71. The van der Waals surface area contributed by atoms with Gasteiger partial charge in [0.05, 0.1) is 24.2 Å². The Hall–Kier alpha value is -1.23. The fourth-order valence-corrected chi connectivity index (χ4v) is 1.68. The minimum absolute atomic E-state index is 0.0437. The lowest BCUT2D eigenvalue weighted by Crippen LogP contribution is -2.22. The van der Waals surface area contributed by atoms with Crippen molar-refractivity contribution in [3.8, 4) is 11.5 Å². The summed E-state index contributed by atoms with van der Waals surface area (Å²) in [6.45, 7) is 2.30. The van der Waals surface area contributed by atoms with Gasteiger partial charge in [-0.2, -0.15) is 0 Å². The van der Waals surface area contributed by atoms with Crippen LogP contribution in [0.25, 0.3) is 0 Å². The number of ether oxygens (including phenoxy) is 2. The molecule has 0 aliphatic rings. The second kappa shape index (κ2) is 5.02. The van der Waals surface area contributed by atoms with E-state index in [1.807, 2.05) is 6.92 Å². The molecule has 1 aromatic rings. The van der Waals surface area contributed by atoms with E-state index in [4.69, 9.17) is 9.47 Å². The lowest BCUT2D eigenvalue weighted by atomic mass is 10.2. The molecular weight excluding hydrogens is 264 g/mol. The Morgan fingerprint density at radius 3 is 2.67 bits per heavy atom. The number of rotatable bonds is 4. The Balaban J connectivity index is 3.24. The highest BCUT2D eigenvalue weighted by Gasteiger charge is 2.11. The summed E-state index contributed by atoms with van der Waals surface area (Å²) in [4.78, 5) is 10.7. The summed E-state index contributed by atoms with van der Waals surface area (Å²) in [5.74, 6) is -0.396. The Kier molecular flexibility index (Phi) is 3.96. The molecule has 0 radical (unpaired) electrons. The summed E-state index contributed by atoms with van der Waals surface area (Å²) >= 11 is 3.21. The summed E-state index contributed by atoms with van der Waals surface area (Å²) in [6.07, 6.45) is 0. The van der Waals surface area contributed by atoms with Gasteiger partial charge in [0, 0.05) is 5.56 Å². The average Bonchev–Trinajstić information content (AvgIpc) is 2.20. The van der Waals surface area contributed by atoms with Gasteiger partial charge in [-0.3, -0.25) is 0 Å². The van der Waals surface area contributed by atoms with E-state index in [0.717, 1.165) is 0 Å². The number of hydrogen-bond acceptors (Lipinski definition) is 4. The highest BCUT2D eigenvalue weighted by Crippen LogP contribution is 2.36. The van der Waals surface area contributed by atoms with Crippen LogP contribution in [-0.2, 0) is 0 Å². The van der Waals surface area contributed by atoms with Crippen LogP contribution in [0, 0.1) is 0 Å². The number of hydrogen-bond donors (Lipinski definition) is 0. The number of carboxylic acid groups (broad SMARTS) is 1. The quantitative estimate of drug-likeness (QED) is 0.828. The van der Waals surface area contributed by atoms with Crippen molar-refractivity contribution in [3.63, 3.8) is 0 Å². The SMILES string of the molecule is CCOc1c(Br)cc(C(=O)[O-])cc1OC. The molecule has 4 nitrogen and oxygen atoms in total. The lowest BCUT2D eigenvalue weighted by molar-refractivity contribution is -0.255. The maximum atomic E-state index is 10.7. The highest BCUT2D eigenvalue weighted by molar-refractivity contribution is 9.10. The zero-order valence-corrected chi connectivity index (χ0v) is 9.96. The van der Waals surface area contributed by atoms with E-state index in [1.54, 1.807) is 0 Å². The molecule has 1 aromatic carbocycles. The summed E-state index contributed by atoms with van der Waals surface area (Å²) in [6, 6.07) is 2.79. The molecule has 82 valence electrons. The maximum absolute atomic E-state index is 10.7. The Labute approximate surface area is 95.9 Å². The Morgan fingerprint density at radius 1 is 1.53 bits per heavy atom. The molecule has 0 amide bonds. The van der Waals surface area contributed by atoms with E-state index in [1.165, 1.54) is 19.2 Å². The van der Waals surface area contributed by atoms with Crippen LogP contribution in [0.5, 0.6) is 11.5 Å². The van der Waals surface area contributed by atoms with Gasteiger partial charge in [-0.05, 0) is 35.0 Å². The minimum Gasteiger partial charge on any atom is -0.545 e. The number of carbonyl (C=O) groups is 1. The fourth-order valence-electron chi connectivity index (χ4n) is 1.12. The molecule has 0 saturated heterocycles. The molecule has 0 saturated carbocycles. The number of halogens is 1. The van der Waals surface area contributed by atoms with E-state index in [0.29, 0.717) is 22.6 Å². The van der Waals surface area contributed by atoms with Crippen molar-refractivity contribution in [2.75, 3.05) is 13.7 Å². The van der Waals surface area contributed by atoms with Gasteiger partial charge in [0.1, 0.15) is 0 Å². The monoisotopic (exact) mass is 273 g/mol. The van der Waals surface area contributed by atoms with Gasteiger partial charge >= 0.3 is 0 Å². The van der Waals surface area contributed by atoms with E-state index >= 15 is 0 Å². The van der Waals surface area contributed by atoms with Crippen molar-refractivity contribution in [1.29, 1.82) is 0 Å². The number of aromatic carboxylic acids is 1. The lowest BCUT2D eigenvalue weighted by Gasteiger charge is -2.13. The van der Waals surface area contributed by atoms with Gasteiger partial charge in [-0.1, -0.05) is 0 Å². The van der Waals surface area contributed by atoms with Crippen LogP contribution < -0.4 is 14.6 Å². The molecule has 0 unspecified atom stereocenters. The van der Waals surface area contributed by atoms with Crippen LogP contribution in [-0.4, -0.2) is 19.7 Å². The summed E-state index contributed by atoms with van der Waals surface area (Å²) in [7, 11) is 1.45. The number of methoxy groups -OCH3 is 1. The van der Waals surface area contributed by atoms with E-state index in [-0.39, 0.29) is 5.56 Å². The molecule has 0 fully saturated rings. The first-order valence-electron chi connectivity index (χ1n) is 4.31. The molecule has 15 heavy (non-hydrogen) atoms. The van der Waals surface area contributed by atoms with Crippen LogP contribution in [0.2, 0.25) is 0 Å². The van der Waals surface area contributed by atoms with Gasteiger partial charge in [0.2, 0.25) is 0 Å². The maximum Gasteiger partial charge on any atom is 0.175 e. The predicted octanol–water partition coefficient (Wildman–Crippen LogP) is 1.22. The van der Waals surface area contributed by atoms with Crippen molar-refractivity contribution in [2.45, 2.75) is 6.92 Å². The van der Waals surface area contributed by atoms with Gasteiger partial charge in [-0.15, -0.1) is 0 Å². The number of carboxylic acids is 1. The molecule has 0 aliphatic heterocycles. The zero-order valence-electron chi connectivity index (χ0n) is 8.37. The largest absolute Gasteiger partial charge is 0.545 e. The highest BCUT2D eigenvalue weighted by atomic mass is 79.9. The van der Waals surface area contributed by atoms with E-state index in [9.17, 15) is 9.90 Å². The van der Waals surface area contributed by atoms with Gasteiger partial charge in [-0.25, -0.2) is 0 Å². The zero-order chi connectivity index (χ0) is 11.4. The van der Waals surface area contributed by atoms with Crippen LogP contribution in [0.15, 0.2) is 16.6 Å². The molecule has 0 aliphatic carbocycles. The fraction of sp³-hybridized carbons (Fsp3) is 0.300. The first-order chi connectivity index (χ1) is 7.10. The molecular formula is C10H10BrO4-. The predicted molar refractivity (Wildman–Crippen MR) is 56.2 cm³/mol. The Morgan fingerprint density at radius 2 is 2.20 bits per heavy atom. The topological polar surface area (TPSA) is 58.6 Å². The van der Waals surface area contributed by atoms with Crippen molar-refractivity contribution < 1.29 is 19.4 Å². The van der Waals surface area contributed by atoms with Crippen LogP contribution in [0.4, 0.5) is 0 Å². The van der Waals surface area contributed by atoms with Crippen molar-refractivity contribution in [2.24, 2.45) is 0 Å². The molecule has 0 heterocycles. The summed E-state index contributed by atoms with van der Waals surface area (Å²) < 4.78 is 10.9. The molecule has 1 rings (SSSR count). The molecule has 0 N–H and O–H groups in total. The first kappa shape index (κ1) is 11.8. The molecule has 0 bridgehead atoms.